The van der Waals surface area contributed by atoms with Crippen molar-refractivity contribution in [1.29, 1.82) is 0 Å². The number of aromatic nitrogens is 1. The van der Waals surface area contributed by atoms with E-state index in [-0.39, 0.29) is 18.2 Å². The topological polar surface area (TPSA) is 85.5 Å². The molecule has 0 aliphatic carbocycles. The van der Waals surface area contributed by atoms with E-state index in [1.165, 1.54) is 0 Å². The van der Waals surface area contributed by atoms with Crippen LogP contribution in [0.5, 0.6) is 5.75 Å². The van der Waals surface area contributed by atoms with Crippen LogP contribution in [0.1, 0.15) is 17.5 Å². The first-order valence-corrected chi connectivity index (χ1v) is 10.7. The molecular weight excluding hydrogens is 402 g/mol. The molecule has 2 N–H and O–H groups in total. The Kier molecular flexibility index (Phi) is 6.21. The van der Waals surface area contributed by atoms with Crippen molar-refractivity contribution in [3.8, 4) is 16.9 Å². The highest BCUT2D eigenvalue weighted by atomic mass is 16.5. The predicted molar refractivity (Wildman–Crippen MR) is 123 cm³/mol. The number of ether oxygens (including phenoxy) is 1. The standard InChI is InChI=1S/C26H27N3O3/c1-32-22-8-6-19(7-9-22)16-24(30)29-15-12-26(18-29,25(27)31)17-21-4-2-3-5-23(21)20-10-13-28-14-11-20/h2-11,13-14H,12,15-18H2,1H3,(H2,27,31)/t26-/m0/s1. The van der Waals surface area contributed by atoms with Crippen LogP contribution in [0.25, 0.3) is 11.1 Å². The van der Waals surface area contributed by atoms with E-state index in [1.54, 1.807) is 24.4 Å². The van der Waals surface area contributed by atoms with Crippen molar-refractivity contribution >= 4 is 11.8 Å². The zero-order chi connectivity index (χ0) is 22.6. The van der Waals surface area contributed by atoms with Crippen LogP contribution in [0, 0.1) is 5.41 Å². The van der Waals surface area contributed by atoms with Crippen molar-refractivity contribution in [2.45, 2.75) is 19.3 Å². The van der Waals surface area contributed by atoms with Gasteiger partial charge in [-0.05, 0) is 59.4 Å². The Hall–Kier alpha value is -3.67. The molecule has 2 amide bonds. The quantitative estimate of drug-likeness (QED) is 0.625. The van der Waals surface area contributed by atoms with Crippen molar-refractivity contribution in [2.75, 3.05) is 20.2 Å². The fourth-order valence-electron chi connectivity index (χ4n) is 4.40. The summed E-state index contributed by atoms with van der Waals surface area (Å²) >= 11 is 0. The summed E-state index contributed by atoms with van der Waals surface area (Å²) in [4.78, 5) is 31.5. The summed E-state index contributed by atoms with van der Waals surface area (Å²) in [6.45, 7) is 0.858. The summed E-state index contributed by atoms with van der Waals surface area (Å²) in [6.07, 6.45) is 4.84. The van der Waals surface area contributed by atoms with E-state index in [1.807, 2.05) is 60.7 Å². The lowest BCUT2D eigenvalue weighted by molar-refractivity contribution is -0.131. The molecule has 2 heterocycles. The fraction of sp³-hybridized carbons (Fsp3) is 0.269. The van der Waals surface area contributed by atoms with Crippen molar-refractivity contribution in [2.24, 2.45) is 11.1 Å². The molecule has 1 aromatic heterocycles. The van der Waals surface area contributed by atoms with E-state index in [2.05, 4.69) is 4.98 Å². The Morgan fingerprint density at radius 3 is 2.47 bits per heavy atom. The number of primary amides is 1. The molecule has 0 bridgehead atoms. The molecule has 6 nitrogen and oxygen atoms in total. The molecule has 1 aliphatic rings. The highest BCUT2D eigenvalue weighted by Gasteiger charge is 2.45. The van der Waals surface area contributed by atoms with Crippen LogP contribution >= 0.6 is 0 Å². The molecule has 0 unspecified atom stereocenters. The number of likely N-dealkylation sites (tertiary alicyclic amines) is 1. The van der Waals surface area contributed by atoms with Gasteiger partial charge in [-0.15, -0.1) is 0 Å². The van der Waals surface area contributed by atoms with Crippen molar-refractivity contribution < 1.29 is 14.3 Å². The second-order valence-corrected chi connectivity index (χ2v) is 8.30. The number of nitrogens with zero attached hydrogens (tertiary/aromatic N) is 2. The third kappa shape index (κ3) is 4.49. The molecule has 2 aromatic carbocycles. The van der Waals surface area contributed by atoms with Gasteiger partial charge < -0.3 is 15.4 Å². The molecule has 1 atom stereocenters. The van der Waals surface area contributed by atoms with Crippen LogP contribution in [0.4, 0.5) is 0 Å². The van der Waals surface area contributed by atoms with Gasteiger partial charge in [-0.3, -0.25) is 14.6 Å². The van der Waals surface area contributed by atoms with Gasteiger partial charge in [0.05, 0.1) is 18.9 Å². The minimum absolute atomic E-state index is 0.000658. The third-order valence-electron chi connectivity index (χ3n) is 6.28. The number of carbonyl (C=O) groups is 2. The molecule has 164 valence electrons. The maximum Gasteiger partial charge on any atom is 0.227 e. The van der Waals surface area contributed by atoms with E-state index in [4.69, 9.17) is 10.5 Å². The molecule has 32 heavy (non-hydrogen) atoms. The van der Waals surface area contributed by atoms with Crippen molar-refractivity contribution in [3.05, 3.63) is 84.2 Å². The molecule has 0 radical (unpaired) electrons. The maximum atomic E-state index is 13.0. The molecule has 0 saturated carbocycles. The molecule has 0 spiro atoms. The molecule has 6 heteroatoms. The minimum Gasteiger partial charge on any atom is -0.497 e. The van der Waals surface area contributed by atoms with Gasteiger partial charge in [-0.25, -0.2) is 0 Å². The second-order valence-electron chi connectivity index (χ2n) is 8.30. The number of nitrogens with two attached hydrogens (primary N) is 1. The normalized spacial score (nSPS) is 17.8. The number of carbonyl (C=O) groups excluding carboxylic acids is 2. The molecule has 4 rings (SSSR count). The Labute approximate surface area is 188 Å². The van der Waals surface area contributed by atoms with Gasteiger partial charge in [0.25, 0.3) is 0 Å². The monoisotopic (exact) mass is 429 g/mol. The smallest absolute Gasteiger partial charge is 0.227 e. The van der Waals surface area contributed by atoms with Gasteiger partial charge in [0.15, 0.2) is 0 Å². The van der Waals surface area contributed by atoms with E-state index in [9.17, 15) is 9.59 Å². The van der Waals surface area contributed by atoms with Crippen LogP contribution < -0.4 is 10.5 Å². The third-order valence-corrected chi connectivity index (χ3v) is 6.28. The summed E-state index contributed by atoms with van der Waals surface area (Å²) in [5.41, 5.74) is 9.19. The fourth-order valence-corrected chi connectivity index (χ4v) is 4.40. The largest absolute Gasteiger partial charge is 0.497 e. The molecule has 1 saturated heterocycles. The average Bonchev–Trinajstić information content (AvgIpc) is 3.26. The van der Waals surface area contributed by atoms with E-state index in [0.717, 1.165) is 28.0 Å². The number of methoxy groups -OCH3 is 1. The van der Waals surface area contributed by atoms with E-state index < -0.39 is 5.41 Å². The number of hydrogen-bond acceptors (Lipinski definition) is 4. The highest BCUT2D eigenvalue weighted by molar-refractivity contribution is 5.85. The molecular formula is C26H27N3O3. The summed E-state index contributed by atoms with van der Waals surface area (Å²) in [6, 6.07) is 19.4. The first kappa shape index (κ1) is 21.6. The lowest BCUT2D eigenvalue weighted by Gasteiger charge is -2.27. The summed E-state index contributed by atoms with van der Waals surface area (Å²) in [7, 11) is 1.61. The van der Waals surface area contributed by atoms with Crippen LogP contribution in [-0.4, -0.2) is 41.9 Å². The predicted octanol–water partition coefficient (Wildman–Crippen LogP) is 3.25. The summed E-state index contributed by atoms with van der Waals surface area (Å²) in [5.74, 6) is 0.394. The van der Waals surface area contributed by atoms with Crippen LogP contribution in [0.3, 0.4) is 0 Å². The number of amides is 2. The first-order valence-electron chi connectivity index (χ1n) is 10.7. The van der Waals surface area contributed by atoms with Gasteiger partial charge in [0.1, 0.15) is 5.75 Å². The molecule has 1 fully saturated rings. The van der Waals surface area contributed by atoms with Crippen molar-refractivity contribution in [3.63, 3.8) is 0 Å². The second kappa shape index (κ2) is 9.22. The summed E-state index contributed by atoms with van der Waals surface area (Å²) < 4.78 is 5.18. The number of hydrogen-bond donors (Lipinski definition) is 1. The van der Waals surface area contributed by atoms with Gasteiger partial charge in [0, 0.05) is 25.5 Å². The Morgan fingerprint density at radius 1 is 1.06 bits per heavy atom. The summed E-state index contributed by atoms with van der Waals surface area (Å²) in [5, 5.41) is 0. The molecule has 3 aromatic rings. The number of rotatable bonds is 7. The Morgan fingerprint density at radius 2 is 1.78 bits per heavy atom. The minimum atomic E-state index is -0.779. The van der Waals surface area contributed by atoms with Crippen LogP contribution in [0.2, 0.25) is 0 Å². The van der Waals surface area contributed by atoms with Gasteiger partial charge >= 0.3 is 0 Å². The zero-order valence-corrected chi connectivity index (χ0v) is 18.2. The number of pyridine rings is 1. The van der Waals surface area contributed by atoms with Crippen LogP contribution in [0.15, 0.2) is 73.1 Å². The van der Waals surface area contributed by atoms with Crippen molar-refractivity contribution in [1.82, 2.24) is 9.88 Å². The lowest BCUT2D eigenvalue weighted by Crippen LogP contribution is -2.42. The first-order chi connectivity index (χ1) is 15.5. The van der Waals surface area contributed by atoms with Gasteiger partial charge in [-0.1, -0.05) is 36.4 Å². The average molecular weight is 430 g/mol. The molecule has 1 aliphatic heterocycles. The number of benzene rings is 2. The van der Waals surface area contributed by atoms with E-state index >= 15 is 0 Å². The van der Waals surface area contributed by atoms with E-state index in [0.29, 0.717) is 25.9 Å². The van der Waals surface area contributed by atoms with Crippen LogP contribution in [-0.2, 0) is 22.4 Å². The zero-order valence-electron chi connectivity index (χ0n) is 18.2. The van der Waals surface area contributed by atoms with Gasteiger partial charge in [0.2, 0.25) is 11.8 Å². The highest BCUT2D eigenvalue weighted by Crippen LogP contribution is 2.37. The Balaban J connectivity index is 1.52. The maximum absolute atomic E-state index is 13.0. The lowest BCUT2D eigenvalue weighted by atomic mass is 9.78. The van der Waals surface area contributed by atoms with Gasteiger partial charge in [-0.2, -0.15) is 0 Å². The SMILES string of the molecule is COc1ccc(CC(=O)N2CC[C@@](Cc3ccccc3-c3ccncc3)(C(N)=O)C2)cc1. The Bertz CT molecular complexity index is 1100.